The van der Waals surface area contributed by atoms with E-state index >= 15 is 0 Å². The number of fused-ring (bicyclic) bond motifs is 1. The second-order valence-corrected chi connectivity index (χ2v) is 4.26. The highest BCUT2D eigenvalue weighted by Crippen LogP contribution is 2.36. The van der Waals surface area contributed by atoms with Gasteiger partial charge in [0.05, 0.1) is 0 Å². The molecule has 1 aromatic carbocycles. The van der Waals surface area contributed by atoms with E-state index in [9.17, 15) is 0 Å². The van der Waals surface area contributed by atoms with Crippen LogP contribution < -0.4 is 5.32 Å². The molecule has 1 heterocycles. The molecule has 0 aromatic heterocycles. The number of hydrogen-bond acceptors (Lipinski definition) is 1. The van der Waals surface area contributed by atoms with Gasteiger partial charge in [0.25, 0.3) is 0 Å². The van der Waals surface area contributed by atoms with E-state index in [-0.39, 0.29) is 0 Å². The van der Waals surface area contributed by atoms with Gasteiger partial charge in [-0.05, 0) is 55.5 Å². The van der Waals surface area contributed by atoms with Crippen molar-refractivity contribution >= 4 is 5.69 Å². The average molecular weight is 187 g/mol. The average Bonchev–Trinajstić information content (AvgIpc) is 2.54. The molecule has 0 atom stereocenters. The van der Waals surface area contributed by atoms with Gasteiger partial charge < -0.3 is 5.32 Å². The molecule has 1 aliphatic rings. The van der Waals surface area contributed by atoms with Crippen molar-refractivity contribution in [2.45, 2.75) is 34.1 Å². The van der Waals surface area contributed by atoms with Crippen LogP contribution in [0.25, 0.3) is 0 Å². The van der Waals surface area contributed by atoms with Gasteiger partial charge in [-0.2, -0.15) is 0 Å². The van der Waals surface area contributed by atoms with Crippen molar-refractivity contribution in [1.29, 1.82) is 0 Å². The standard InChI is InChI=1S/C13H17N/c1-7-6-12-10(4)8(2)9(3)11(5)13(12)14-7/h14H,1,6H2,2-5H3. The van der Waals surface area contributed by atoms with Crippen LogP contribution in [-0.4, -0.2) is 0 Å². The fraction of sp³-hybridized carbons (Fsp3) is 0.385. The van der Waals surface area contributed by atoms with Gasteiger partial charge in [0.2, 0.25) is 0 Å². The Labute approximate surface area is 85.8 Å². The molecule has 0 bridgehead atoms. The molecule has 0 aliphatic carbocycles. The molecule has 1 N–H and O–H groups in total. The molecule has 1 aliphatic heterocycles. The number of benzene rings is 1. The third-order valence-electron chi connectivity index (χ3n) is 3.51. The lowest BCUT2D eigenvalue weighted by Gasteiger charge is -2.14. The molecule has 0 amide bonds. The van der Waals surface area contributed by atoms with Gasteiger partial charge in [0, 0.05) is 17.8 Å². The van der Waals surface area contributed by atoms with Gasteiger partial charge in [-0.1, -0.05) is 6.58 Å². The summed E-state index contributed by atoms with van der Waals surface area (Å²) in [6.07, 6.45) is 0.989. The predicted molar refractivity (Wildman–Crippen MR) is 61.9 cm³/mol. The van der Waals surface area contributed by atoms with Crippen LogP contribution in [0.1, 0.15) is 27.8 Å². The molecule has 74 valence electrons. The SMILES string of the molecule is C=C1Cc2c(C)c(C)c(C)c(C)c2N1. The highest BCUT2D eigenvalue weighted by molar-refractivity contribution is 5.71. The Morgan fingerprint density at radius 2 is 1.50 bits per heavy atom. The molecule has 1 aromatic rings. The topological polar surface area (TPSA) is 12.0 Å². The van der Waals surface area contributed by atoms with Crippen LogP contribution in [0.2, 0.25) is 0 Å². The van der Waals surface area contributed by atoms with Crippen LogP contribution in [0.15, 0.2) is 12.3 Å². The van der Waals surface area contributed by atoms with Crippen LogP contribution >= 0.6 is 0 Å². The number of rotatable bonds is 0. The van der Waals surface area contributed by atoms with Gasteiger partial charge >= 0.3 is 0 Å². The Morgan fingerprint density at radius 3 is 2.14 bits per heavy atom. The second kappa shape index (κ2) is 2.88. The lowest BCUT2D eigenvalue weighted by atomic mass is 9.92. The molecule has 0 radical (unpaired) electrons. The summed E-state index contributed by atoms with van der Waals surface area (Å²) in [6, 6.07) is 0. The molecule has 0 unspecified atom stereocenters. The smallest absolute Gasteiger partial charge is 0.0453 e. The summed E-state index contributed by atoms with van der Waals surface area (Å²) in [5, 5.41) is 3.38. The normalized spacial score (nSPS) is 14.1. The third-order valence-corrected chi connectivity index (χ3v) is 3.51. The first-order valence-electron chi connectivity index (χ1n) is 5.06. The first-order chi connectivity index (χ1) is 6.52. The van der Waals surface area contributed by atoms with Crippen molar-refractivity contribution in [1.82, 2.24) is 0 Å². The van der Waals surface area contributed by atoms with E-state index in [0.717, 1.165) is 12.1 Å². The van der Waals surface area contributed by atoms with Gasteiger partial charge in [0.15, 0.2) is 0 Å². The van der Waals surface area contributed by atoms with Crippen molar-refractivity contribution < 1.29 is 0 Å². The summed E-state index contributed by atoms with van der Waals surface area (Å²) < 4.78 is 0. The second-order valence-electron chi connectivity index (χ2n) is 4.26. The summed E-state index contributed by atoms with van der Waals surface area (Å²) in [5.41, 5.74) is 9.50. The van der Waals surface area contributed by atoms with Crippen LogP contribution in [-0.2, 0) is 6.42 Å². The first-order valence-corrected chi connectivity index (χ1v) is 5.06. The largest absolute Gasteiger partial charge is 0.359 e. The van der Waals surface area contributed by atoms with Crippen LogP contribution in [0.3, 0.4) is 0 Å². The Kier molecular flexibility index (Phi) is 1.91. The maximum atomic E-state index is 4.00. The van der Waals surface area contributed by atoms with Gasteiger partial charge in [0.1, 0.15) is 0 Å². The van der Waals surface area contributed by atoms with E-state index in [4.69, 9.17) is 0 Å². The number of anilines is 1. The van der Waals surface area contributed by atoms with Crippen molar-refractivity contribution in [2.75, 3.05) is 5.32 Å². The monoisotopic (exact) mass is 187 g/mol. The van der Waals surface area contributed by atoms with Gasteiger partial charge in [-0.15, -0.1) is 0 Å². The lowest BCUT2D eigenvalue weighted by Crippen LogP contribution is -1.97. The van der Waals surface area contributed by atoms with E-state index in [0.29, 0.717) is 0 Å². The molecule has 0 saturated heterocycles. The number of nitrogens with one attached hydrogen (secondary N) is 1. The molecule has 0 spiro atoms. The third kappa shape index (κ3) is 1.08. The summed E-state index contributed by atoms with van der Waals surface area (Å²) in [6.45, 7) is 12.8. The fourth-order valence-electron chi connectivity index (χ4n) is 2.21. The molecular weight excluding hydrogens is 170 g/mol. The van der Waals surface area contributed by atoms with Crippen LogP contribution in [0, 0.1) is 27.7 Å². The van der Waals surface area contributed by atoms with Crippen LogP contribution in [0.5, 0.6) is 0 Å². The minimum absolute atomic E-state index is 0.989. The maximum Gasteiger partial charge on any atom is 0.0453 e. The van der Waals surface area contributed by atoms with Crippen molar-refractivity contribution in [3.8, 4) is 0 Å². The van der Waals surface area contributed by atoms with Gasteiger partial charge in [-0.3, -0.25) is 0 Å². The summed E-state index contributed by atoms with van der Waals surface area (Å²) >= 11 is 0. The first kappa shape index (κ1) is 9.32. The zero-order valence-electron chi connectivity index (χ0n) is 9.41. The summed E-state index contributed by atoms with van der Waals surface area (Å²) in [7, 11) is 0. The van der Waals surface area contributed by atoms with E-state index in [1.807, 2.05) is 0 Å². The van der Waals surface area contributed by atoms with E-state index in [1.165, 1.54) is 33.5 Å². The molecular formula is C13H17N. The number of hydrogen-bond donors (Lipinski definition) is 1. The molecule has 1 nitrogen and oxygen atoms in total. The Hall–Kier alpha value is -1.24. The molecule has 14 heavy (non-hydrogen) atoms. The minimum Gasteiger partial charge on any atom is -0.359 e. The highest BCUT2D eigenvalue weighted by atomic mass is 14.9. The Bertz CT molecular complexity index is 389. The van der Waals surface area contributed by atoms with Crippen molar-refractivity contribution in [2.24, 2.45) is 0 Å². The number of allylic oxidation sites excluding steroid dienone is 1. The highest BCUT2D eigenvalue weighted by Gasteiger charge is 2.20. The minimum atomic E-state index is 0.989. The van der Waals surface area contributed by atoms with E-state index in [1.54, 1.807) is 0 Å². The van der Waals surface area contributed by atoms with Gasteiger partial charge in [-0.25, -0.2) is 0 Å². The molecule has 0 saturated carbocycles. The Balaban J connectivity index is 2.76. The van der Waals surface area contributed by atoms with Crippen molar-refractivity contribution in [3.63, 3.8) is 0 Å². The lowest BCUT2D eigenvalue weighted by molar-refractivity contribution is 1.16. The Morgan fingerprint density at radius 1 is 0.929 bits per heavy atom. The van der Waals surface area contributed by atoms with Crippen LogP contribution in [0.4, 0.5) is 5.69 Å². The van der Waals surface area contributed by atoms with E-state index < -0.39 is 0 Å². The maximum absolute atomic E-state index is 4.00. The fourth-order valence-corrected chi connectivity index (χ4v) is 2.21. The molecule has 0 fully saturated rings. The zero-order valence-corrected chi connectivity index (χ0v) is 9.41. The van der Waals surface area contributed by atoms with Crippen molar-refractivity contribution in [3.05, 3.63) is 40.1 Å². The molecule has 2 rings (SSSR count). The molecule has 1 heteroatoms. The summed E-state index contributed by atoms with van der Waals surface area (Å²) in [5.74, 6) is 0. The summed E-state index contributed by atoms with van der Waals surface area (Å²) in [4.78, 5) is 0. The quantitative estimate of drug-likeness (QED) is 0.656. The van der Waals surface area contributed by atoms with E-state index in [2.05, 4.69) is 39.6 Å². The predicted octanol–water partition coefficient (Wildman–Crippen LogP) is 3.40. The zero-order chi connectivity index (χ0) is 10.5.